The van der Waals surface area contributed by atoms with E-state index in [0.29, 0.717) is 46.7 Å². The molecule has 1 fully saturated rings. The molecule has 0 aliphatic carbocycles. The van der Waals surface area contributed by atoms with Crippen molar-refractivity contribution in [3.63, 3.8) is 0 Å². The zero-order valence-electron chi connectivity index (χ0n) is 19.3. The molecule has 0 spiro atoms. The largest absolute Gasteiger partial charge is 0.493 e. The second kappa shape index (κ2) is 9.30. The number of thiophene rings is 1. The molecule has 0 radical (unpaired) electrons. The predicted octanol–water partition coefficient (Wildman–Crippen LogP) is 3.91. The second-order valence-corrected chi connectivity index (χ2v) is 10.2. The number of nitrogens with one attached hydrogen (secondary N) is 3. The molecule has 0 unspecified atom stereocenters. The summed E-state index contributed by atoms with van der Waals surface area (Å²) >= 11 is 1.35. The van der Waals surface area contributed by atoms with Crippen molar-refractivity contribution >= 4 is 50.6 Å². The number of hydrogen-bond donors (Lipinski definition) is 4. The number of benzene rings is 1. The Morgan fingerprint density at radius 3 is 2.62 bits per heavy atom. The van der Waals surface area contributed by atoms with E-state index in [4.69, 9.17) is 0 Å². The van der Waals surface area contributed by atoms with Gasteiger partial charge in [-0.2, -0.15) is 0 Å². The molecule has 4 N–H and O–H groups in total. The zero-order chi connectivity index (χ0) is 24.5. The van der Waals surface area contributed by atoms with Crippen molar-refractivity contribution in [2.45, 2.75) is 32.6 Å². The van der Waals surface area contributed by atoms with E-state index in [1.165, 1.54) is 17.5 Å². The molecule has 2 aromatic heterocycles. The standard InChI is InChI=1S/C24H27N5O4S/c1-24(2,3)18-12-16(22(32)29-10-8-19(30)25-9-11-29)21(34-18)28-23(33)27-17-13-26-20(31)15-7-5-4-6-14(15)17/h4-7,12-13H,8-11H2,1-3H3,(H,25,30)(H,26,31)(H2,27,28,33). The monoisotopic (exact) mass is 481 g/mol. The maximum Gasteiger partial charge on any atom is 0.324 e. The summed E-state index contributed by atoms with van der Waals surface area (Å²) in [6.07, 6.45) is 1.63. The van der Waals surface area contributed by atoms with E-state index in [1.807, 2.05) is 26.8 Å². The molecule has 4 rings (SSSR count). The maximum atomic E-state index is 13.4. The third-order valence-electron chi connectivity index (χ3n) is 5.55. The van der Waals surface area contributed by atoms with E-state index >= 15 is 0 Å². The van der Waals surface area contributed by atoms with Crippen LogP contribution in [0.4, 0.5) is 15.5 Å². The number of nitrogens with zero attached hydrogens (tertiary/aromatic N) is 2. The third kappa shape index (κ3) is 4.96. The summed E-state index contributed by atoms with van der Waals surface area (Å²) in [5.74, 6) is -0.424. The van der Waals surface area contributed by atoms with Crippen LogP contribution in [0.3, 0.4) is 0 Å². The Hall–Kier alpha value is -3.66. The predicted molar refractivity (Wildman–Crippen MR) is 133 cm³/mol. The quantitative estimate of drug-likeness (QED) is 0.452. The number of aromatic hydroxyl groups is 1. The molecule has 0 saturated carbocycles. The fourth-order valence-electron chi connectivity index (χ4n) is 3.69. The highest BCUT2D eigenvalue weighted by Crippen LogP contribution is 2.37. The Bertz CT molecular complexity index is 1260. The van der Waals surface area contributed by atoms with Crippen LogP contribution in [0.5, 0.6) is 5.88 Å². The lowest BCUT2D eigenvalue weighted by atomic mass is 9.94. The van der Waals surface area contributed by atoms with E-state index in [9.17, 15) is 19.5 Å². The van der Waals surface area contributed by atoms with Gasteiger partial charge in [-0.3, -0.25) is 14.9 Å². The summed E-state index contributed by atoms with van der Waals surface area (Å²) in [7, 11) is 0. The Morgan fingerprint density at radius 2 is 1.88 bits per heavy atom. The molecular formula is C24H27N5O4S. The van der Waals surface area contributed by atoms with Crippen LogP contribution in [-0.4, -0.2) is 52.5 Å². The van der Waals surface area contributed by atoms with E-state index < -0.39 is 6.03 Å². The Morgan fingerprint density at radius 1 is 1.15 bits per heavy atom. The zero-order valence-corrected chi connectivity index (χ0v) is 20.1. The summed E-state index contributed by atoms with van der Waals surface area (Å²) in [4.78, 5) is 44.5. The molecule has 1 aliphatic rings. The van der Waals surface area contributed by atoms with Crippen molar-refractivity contribution in [3.05, 3.63) is 47.0 Å². The molecule has 1 saturated heterocycles. The van der Waals surface area contributed by atoms with E-state index in [-0.39, 0.29) is 29.5 Å². The smallest absolute Gasteiger partial charge is 0.324 e. The fourth-order valence-corrected chi connectivity index (χ4v) is 4.79. The normalized spacial score (nSPS) is 14.4. The number of carbonyl (C=O) groups excluding carboxylic acids is 3. The number of anilines is 2. The van der Waals surface area contributed by atoms with Crippen LogP contribution in [0.2, 0.25) is 0 Å². The number of urea groups is 1. The Balaban J connectivity index is 1.60. The van der Waals surface area contributed by atoms with Gasteiger partial charge in [0.05, 0.1) is 17.4 Å². The lowest BCUT2D eigenvalue weighted by Gasteiger charge is -2.20. The minimum Gasteiger partial charge on any atom is -0.493 e. The first-order chi connectivity index (χ1) is 16.1. The number of aromatic nitrogens is 1. The molecule has 178 valence electrons. The van der Waals surface area contributed by atoms with Crippen molar-refractivity contribution in [1.82, 2.24) is 15.2 Å². The molecule has 34 heavy (non-hydrogen) atoms. The molecule has 0 bridgehead atoms. The van der Waals surface area contributed by atoms with Gasteiger partial charge in [0, 0.05) is 41.7 Å². The molecule has 3 aromatic rings. The average Bonchev–Trinajstić information content (AvgIpc) is 3.09. The van der Waals surface area contributed by atoms with Gasteiger partial charge in [-0.05, 0) is 17.5 Å². The van der Waals surface area contributed by atoms with Gasteiger partial charge >= 0.3 is 6.03 Å². The molecule has 4 amide bonds. The van der Waals surface area contributed by atoms with Crippen LogP contribution in [0.1, 0.15) is 42.4 Å². The minimum absolute atomic E-state index is 0.0801. The highest BCUT2D eigenvalue weighted by atomic mass is 32.1. The van der Waals surface area contributed by atoms with Gasteiger partial charge < -0.3 is 20.6 Å². The van der Waals surface area contributed by atoms with Crippen molar-refractivity contribution in [2.75, 3.05) is 30.3 Å². The van der Waals surface area contributed by atoms with Crippen molar-refractivity contribution in [1.29, 1.82) is 0 Å². The Labute approximate surface area is 201 Å². The topological polar surface area (TPSA) is 124 Å². The lowest BCUT2D eigenvalue weighted by molar-refractivity contribution is -0.120. The van der Waals surface area contributed by atoms with Crippen molar-refractivity contribution in [2.24, 2.45) is 0 Å². The molecule has 0 atom stereocenters. The van der Waals surface area contributed by atoms with Crippen molar-refractivity contribution < 1.29 is 19.5 Å². The number of amides is 4. The highest BCUT2D eigenvalue weighted by Gasteiger charge is 2.28. The van der Waals surface area contributed by atoms with Crippen LogP contribution in [0, 0.1) is 0 Å². The number of fused-ring (bicyclic) bond motifs is 1. The van der Waals surface area contributed by atoms with Gasteiger partial charge in [0.2, 0.25) is 11.8 Å². The van der Waals surface area contributed by atoms with Gasteiger partial charge in [-0.25, -0.2) is 9.78 Å². The summed E-state index contributed by atoms with van der Waals surface area (Å²) in [5, 5.41) is 20.0. The van der Waals surface area contributed by atoms with E-state index in [0.717, 1.165) is 4.88 Å². The number of rotatable bonds is 3. The van der Waals surface area contributed by atoms with Crippen LogP contribution < -0.4 is 16.0 Å². The molecule has 10 heteroatoms. The van der Waals surface area contributed by atoms with Gasteiger partial charge in [-0.15, -0.1) is 11.3 Å². The first-order valence-electron chi connectivity index (χ1n) is 11.0. The van der Waals surface area contributed by atoms with Crippen LogP contribution in [0.25, 0.3) is 10.8 Å². The fraction of sp³-hybridized carbons (Fsp3) is 0.333. The number of pyridine rings is 1. The average molecular weight is 482 g/mol. The lowest BCUT2D eigenvalue weighted by Crippen LogP contribution is -2.34. The summed E-state index contributed by atoms with van der Waals surface area (Å²) in [5.41, 5.74) is 0.611. The number of carbonyl (C=O) groups is 3. The first kappa shape index (κ1) is 23.5. The molecule has 1 aliphatic heterocycles. The minimum atomic E-state index is -0.526. The molecule has 3 heterocycles. The first-order valence-corrected chi connectivity index (χ1v) is 11.8. The number of hydrogen-bond acceptors (Lipinski definition) is 6. The molecule has 9 nitrogen and oxygen atoms in total. The SMILES string of the molecule is CC(C)(C)c1cc(C(=O)N2CCNC(=O)CC2)c(NC(=O)Nc2cnc(O)c3ccccc23)s1. The van der Waals surface area contributed by atoms with Crippen molar-refractivity contribution in [3.8, 4) is 5.88 Å². The van der Waals surface area contributed by atoms with Crippen LogP contribution in [0.15, 0.2) is 36.5 Å². The summed E-state index contributed by atoms with van der Waals surface area (Å²) in [6, 6.07) is 8.36. The summed E-state index contributed by atoms with van der Waals surface area (Å²) < 4.78 is 0. The van der Waals surface area contributed by atoms with Gasteiger partial charge in [-0.1, -0.05) is 39.0 Å². The van der Waals surface area contributed by atoms with Gasteiger partial charge in [0.25, 0.3) is 5.91 Å². The van der Waals surface area contributed by atoms with Crippen LogP contribution >= 0.6 is 11.3 Å². The Kier molecular flexibility index (Phi) is 6.43. The summed E-state index contributed by atoms with van der Waals surface area (Å²) in [6.45, 7) is 7.24. The van der Waals surface area contributed by atoms with Gasteiger partial charge in [0.1, 0.15) is 5.00 Å². The molecular weight excluding hydrogens is 454 g/mol. The van der Waals surface area contributed by atoms with E-state index in [1.54, 1.807) is 29.2 Å². The van der Waals surface area contributed by atoms with Gasteiger partial charge in [0.15, 0.2) is 0 Å². The maximum absolute atomic E-state index is 13.4. The molecule has 1 aromatic carbocycles. The second-order valence-electron chi connectivity index (χ2n) is 9.12. The third-order valence-corrected chi connectivity index (χ3v) is 7.03. The highest BCUT2D eigenvalue weighted by molar-refractivity contribution is 7.16. The van der Waals surface area contributed by atoms with Crippen LogP contribution in [-0.2, 0) is 10.2 Å². The van der Waals surface area contributed by atoms with E-state index in [2.05, 4.69) is 20.9 Å².